The largest absolute Gasteiger partial charge is 0.480 e. The van der Waals surface area contributed by atoms with E-state index in [1.54, 1.807) is 7.11 Å². The summed E-state index contributed by atoms with van der Waals surface area (Å²) in [4.78, 5) is 11.0. The summed E-state index contributed by atoms with van der Waals surface area (Å²) in [6, 6.07) is 0. The third kappa shape index (κ3) is 2.05. The molecule has 114 valence electrons. The average Bonchev–Trinajstić information content (AvgIpc) is 2.44. The van der Waals surface area contributed by atoms with E-state index < -0.39 is 0 Å². The van der Waals surface area contributed by atoms with Gasteiger partial charge in [0, 0.05) is 24.2 Å². The first-order chi connectivity index (χ1) is 10.2. The SMILES string of the molecule is COc1ncnc(NC23CC(N4CCOCC4)(C2)C3)c1Br. The highest BCUT2D eigenvalue weighted by molar-refractivity contribution is 9.10. The lowest BCUT2D eigenvalue weighted by Gasteiger charge is -2.74. The number of anilines is 1. The lowest BCUT2D eigenvalue weighted by atomic mass is 9.43. The van der Waals surface area contributed by atoms with E-state index in [2.05, 4.69) is 36.1 Å². The van der Waals surface area contributed by atoms with Crippen molar-refractivity contribution < 1.29 is 9.47 Å². The molecule has 0 unspecified atom stereocenters. The van der Waals surface area contributed by atoms with Crippen molar-refractivity contribution in [2.24, 2.45) is 0 Å². The van der Waals surface area contributed by atoms with Gasteiger partial charge in [-0.05, 0) is 35.2 Å². The molecule has 21 heavy (non-hydrogen) atoms. The molecule has 2 heterocycles. The van der Waals surface area contributed by atoms with Crippen molar-refractivity contribution in [2.45, 2.75) is 30.3 Å². The van der Waals surface area contributed by atoms with Gasteiger partial charge in [-0.1, -0.05) is 0 Å². The van der Waals surface area contributed by atoms with E-state index in [4.69, 9.17) is 9.47 Å². The molecule has 1 N–H and O–H groups in total. The second-order valence-electron chi connectivity index (χ2n) is 6.30. The fourth-order valence-corrected chi connectivity index (χ4v) is 4.54. The number of methoxy groups -OCH3 is 1. The number of hydrogen-bond donors (Lipinski definition) is 1. The molecule has 0 aromatic carbocycles. The third-order valence-electron chi connectivity index (χ3n) is 5.02. The summed E-state index contributed by atoms with van der Waals surface area (Å²) in [5, 5.41) is 3.59. The maximum atomic E-state index is 5.45. The zero-order valence-electron chi connectivity index (χ0n) is 12.1. The molecule has 3 saturated carbocycles. The molecular weight excluding hydrogens is 336 g/mol. The molecule has 1 aliphatic heterocycles. The van der Waals surface area contributed by atoms with Gasteiger partial charge in [0.2, 0.25) is 5.88 Å². The minimum absolute atomic E-state index is 0.209. The molecule has 4 aliphatic rings. The standard InChI is InChI=1S/C14H19BrN4O2/c1-20-12-10(15)11(16-9-17-12)18-13-6-14(7-13,8-13)19-2-4-21-5-3-19/h9H,2-8H2,1H3,(H,16,17,18). The molecule has 0 spiro atoms. The van der Waals surface area contributed by atoms with Crippen molar-refractivity contribution in [1.29, 1.82) is 0 Å². The first-order valence-electron chi connectivity index (χ1n) is 7.32. The molecule has 0 amide bonds. The Labute approximate surface area is 132 Å². The normalized spacial score (nSPS) is 34.8. The highest BCUT2D eigenvalue weighted by atomic mass is 79.9. The summed E-state index contributed by atoms with van der Waals surface area (Å²) in [5.41, 5.74) is 0.626. The van der Waals surface area contributed by atoms with Crippen LogP contribution in [0.5, 0.6) is 5.88 Å². The Bertz CT molecular complexity index is 542. The van der Waals surface area contributed by atoms with Gasteiger partial charge in [0.1, 0.15) is 16.6 Å². The quantitative estimate of drug-likeness (QED) is 0.887. The maximum absolute atomic E-state index is 5.45. The molecule has 7 heteroatoms. The van der Waals surface area contributed by atoms with Crippen molar-refractivity contribution in [2.75, 3.05) is 38.7 Å². The van der Waals surface area contributed by atoms with Crippen LogP contribution in [-0.2, 0) is 4.74 Å². The van der Waals surface area contributed by atoms with Gasteiger partial charge in [-0.3, -0.25) is 4.90 Å². The fourth-order valence-electron chi connectivity index (χ4n) is 4.07. The number of ether oxygens (including phenoxy) is 2. The number of nitrogens with one attached hydrogen (secondary N) is 1. The van der Waals surface area contributed by atoms with Crippen LogP contribution in [0.1, 0.15) is 19.3 Å². The molecule has 5 rings (SSSR count). The van der Waals surface area contributed by atoms with E-state index in [1.807, 2.05) is 0 Å². The van der Waals surface area contributed by atoms with Crippen LogP contribution >= 0.6 is 15.9 Å². The van der Waals surface area contributed by atoms with E-state index in [0.717, 1.165) is 36.6 Å². The highest BCUT2D eigenvalue weighted by Gasteiger charge is 2.70. The summed E-state index contributed by atoms with van der Waals surface area (Å²) in [5.74, 6) is 1.40. The van der Waals surface area contributed by atoms with Crippen molar-refractivity contribution in [3.63, 3.8) is 0 Å². The van der Waals surface area contributed by atoms with Crippen LogP contribution in [0.4, 0.5) is 5.82 Å². The van der Waals surface area contributed by atoms with Crippen LogP contribution in [-0.4, -0.2) is 59.4 Å². The Hall–Kier alpha value is -0.920. The second kappa shape index (κ2) is 4.79. The van der Waals surface area contributed by atoms with Crippen LogP contribution in [0.25, 0.3) is 0 Å². The maximum Gasteiger partial charge on any atom is 0.233 e. The van der Waals surface area contributed by atoms with Crippen LogP contribution in [0.2, 0.25) is 0 Å². The van der Waals surface area contributed by atoms with Crippen molar-refractivity contribution in [1.82, 2.24) is 14.9 Å². The van der Waals surface area contributed by atoms with Crippen LogP contribution in [0, 0.1) is 0 Å². The monoisotopic (exact) mass is 354 g/mol. The van der Waals surface area contributed by atoms with Gasteiger partial charge < -0.3 is 14.8 Å². The fraction of sp³-hybridized carbons (Fsp3) is 0.714. The smallest absolute Gasteiger partial charge is 0.233 e. The van der Waals surface area contributed by atoms with E-state index in [0.29, 0.717) is 11.4 Å². The zero-order chi connectivity index (χ0) is 14.5. The molecule has 0 atom stereocenters. The molecule has 6 nitrogen and oxygen atoms in total. The first-order valence-corrected chi connectivity index (χ1v) is 8.11. The molecule has 2 bridgehead atoms. The van der Waals surface area contributed by atoms with Gasteiger partial charge in [-0.2, -0.15) is 0 Å². The number of morpholine rings is 1. The van der Waals surface area contributed by atoms with Gasteiger partial charge in [0.25, 0.3) is 0 Å². The summed E-state index contributed by atoms with van der Waals surface area (Å²) >= 11 is 3.52. The number of halogens is 1. The predicted octanol–water partition coefficient (Wildman–Crippen LogP) is 1.67. The van der Waals surface area contributed by atoms with Crippen LogP contribution in [0.15, 0.2) is 10.8 Å². The average molecular weight is 355 g/mol. The Morgan fingerprint density at radius 2 is 2.00 bits per heavy atom. The zero-order valence-corrected chi connectivity index (χ0v) is 13.6. The van der Waals surface area contributed by atoms with E-state index in [-0.39, 0.29) is 5.54 Å². The number of aromatic nitrogens is 2. The predicted molar refractivity (Wildman–Crippen MR) is 81.6 cm³/mol. The van der Waals surface area contributed by atoms with Crippen LogP contribution in [0.3, 0.4) is 0 Å². The summed E-state index contributed by atoms with van der Waals surface area (Å²) < 4.78 is 11.5. The molecule has 1 aromatic rings. The Kier molecular flexibility index (Phi) is 3.13. The number of hydrogen-bond acceptors (Lipinski definition) is 6. The topological polar surface area (TPSA) is 59.5 Å². The first kappa shape index (κ1) is 13.7. The molecule has 1 saturated heterocycles. The molecule has 4 fully saturated rings. The minimum atomic E-state index is 0.209. The molecule has 1 aromatic heterocycles. The minimum Gasteiger partial charge on any atom is -0.480 e. The van der Waals surface area contributed by atoms with Gasteiger partial charge in [-0.25, -0.2) is 9.97 Å². The number of nitrogens with zero attached hydrogens (tertiary/aromatic N) is 3. The van der Waals surface area contributed by atoms with Crippen molar-refractivity contribution >= 4 is 21.7 Å². The van der Waals surface area contributed by atoms with Crippen molar-refractivity contribution in [3.8, 4) is 5.88 Å². The summed E-state index contributed by atoms with van der Waals surface area (Å²) in [6.07, 6.45) is 5.12. The number of rotatable bonds is 4. The molecule has 0 radical (unpaired) electrons. The third-order valence-corrected chi connectivity index (χ3v) is 5.73. The van der Waals surface area contributed by atoms with Crippen molar-refractivity contribution in [3.05, 3.63) is 10.8 Å². The van der Waals surface area contributed by atoms with Gasteiger partial charge in [-0.15, -0.1) is 0 Å². The summed E-state index contributed by atoms with van der Waals surface area (Å²) in [7, 11) is 1.62. The van der Waals surface area contributed by atoms with Gasteiger partial charge >= 0.3 is 0 Å². The molecule has 3 aliphatic carbocycles. The van der Waals surface area contributed by atoms with E-state index in [1.165, 1.54) is 25.6 Å². The highest BCUT2D eigenvalue weighted by Crippen LogP contribution is 2.65. The Morgan fingerprint density at radius 1 is 1.29 bits per heavy atom. The van der Waals surface area contributed by atoms with Crippen LogP contribution < -0.4 is 10.1 Å². The van der Waals surface area contributed by atoms with E-state index >= 15 is 0 Å². The van der Waals surface area contributed by atoms with E-state index in [9.17, 15) is 0 Å². The lowest BCUT2D eigenvalue weighted by molar-refractivity contribution is -0.172. The Balaban J connectivity index is 1.43. The second-order valence-corrected chi connectivity index (χ2v) is 7.10. The van der Waals surface area contributed by atoms with Gasteiger partial charge in [0.15, 0.2) is 0 Å². The van der Waals surface area contributed by atoms with Gasteiger partial charge in [0.05, 0.1) is 20.3 Å². The summed E-state index contributed by atoms with van der Waals surface area (Å²) in [6.45, 7) is 3.88. The molecular formula is C14H19BrN4O2. The lowest BCUT2D eigenvalue weighted by Crippen LogP contribution is -2.82. The Morgan fingerprint density at radius 3 is 2.67 bits per heavy atom.